The molecular weight excluding hydrogens is 364 g/mol. The van der Waals surface area contributed by atoms with Crippen LogP contribution >= 0.6 is 0 Å². The van der Waals surface area contributed by atoms with Crippen LogP contribution in [0, 0.1) is 26.7 Å². The van der Waals surface area contributed by atoms with Crippen molar-refractivity contribution in [2.75, 3.05) is 23.4 Å². The number of ether oxygens (including phenoxy) is 1. The Bertz CT molecular complexity index is 866. The van der Waals surface area contributed by atoms with Gasteiger partial charge in [0.2, 0.25) is 11.8 Å². The number of hydrogen-bond acceptors (Lipinski definition) is 3. The van der Waals surface area contributed by atoms with Crippen LogP contribution in [0.5, 0.6) is 5.75 Å². The zero-order valence-corrected chi connectivity index (χ0v) is 17.7. The Kier molecular flexibility index (Phi) is 6.57. The normalized spacial score (nSPS) is 16.2. The van der Waals surface area contributed by atoms with E-state index in [0.29, 0.717) is 13.2 Å². The average molecular weight is 395 g/mol. The monoisotopic (exact) mass is 394 g/mol. The molecule has 0 aliphatic carbocycles. The van der Waals surface area contributed by atoms with E-state index in [-0.39, 0.29) is 24.2 Å². The number of nitrogens with one attached hydrogen (secondary N) is 1. The first-order valence-corrected chi connectivity index (χ1v) is 10.3. The van der Waals surface area contributed by atoms with Gasteiger partial charge in [-0.3, -0.25) is 9.59 Å². The highest BCUT2D eigenvalue weighted by Crippen LogP contribution is 2.29. The van der Waals surface area contributed by atoms with E-state index in [1.165, 1.54) is 5.56 Å². The van der Waals surface area contributed by atoms with Crippen molar-refractivity contribution in [1.82, 2.24) is 0 Å². The summed E-state index contributed by atoms with van der Waals surface area (Å²) in [7, 11) is 0. The highest BCUT2D eigenvalue weighted by molar-refractivity contribution is 6.04. The van der Waals surface area contributed by atoms with Gasteiger partial charge in [-0.25, -0.2) is 0 Å². The molecule has 0 spiro atoms. The molecule has 29 heavy (non-hydrogen) atoms. The maximum atomic E-state index is 12.8. The third kappa shape index (κ3) is 4.97. The van der Waals surface area contributed by atoms with Crippen LogP contribution < -0.4 is 15.0 Å². The van der Waals surface area contributed by atoms with Crippen molar-refractivity contribution in [2.45, 2.75) is 47.0 Å². The molecule has 0 saturated carbocycles. The lowest BCUT2D eigenvalue weighted by Gasteiger charge is -2.18. The summed E-state index contributed by atoms with van der Waals surface area (Å²) in [4.78, 5) is 27.0. The van der Waals surface area contributed by atoms with Gasteiger partial charge in [-0.05, 0) is 62.6 Å². The fourth-order valence-electron chi connectivity index (χ4n) is 3.79. The average Bonchev–Trinajstić information content (AvgIpc) is 3.07. The van der Waals surface area contributed by atoms with E-state index in [9.17, 15) is 9.59 Å². The summed E-state index contributed by atoms with van der Waals surface area (Å²) in [6, 6.07) is 11.6. The number of unbranched alkanes of at least 4 members (excludes halogenated alkanes) is 1. The third-order valence-corrected chi connectivity index (χ3v) is 5.34. The van der Waals surface area contributed by atoms with Crippen LogP contribution in [-0.4, -0.2) is 25.0 Å². The SMILES string of the molecule is CCCCOc1ccc(N2CC(C(=O)Nc3c(C)cc(C)cc3C)CC2=O)cc1. The zero-order valence-electron chi connectivity index (χ0n) is 17.7. The van der Waals surface area contributed by atoms with Gasteiger partial charge in [0.05, 0.1) is 12.5 Å². The maximum Gasteiger partial charge on any atom is 0.229 e. The van der Waals surface area contributed by atoms with E-state index >= 15 is 0 Å². The molecule has 1 atom stereocenters. The second-order valence-electron chi connectivity index (χ2n) is 7.86. The number of benzene rings is 2. The largest absolute Gasteiger partial charge is 0.494 e. The molecule has 154 valence electrons. The lowest BCUT2D eigenvalue weighted by molar-refractivity contribution is -0.122. The Labute approximate surface area is 173 Å². The standard InChI is InChI=1S/C24H30N2O3/c1-5-6-11-29-21-9-7-20(8-10-21)26-15-19(14-22(26)27)24(28)25-23-17(3)12-16(2)13-18(23)4/h7-10,12-13,19H,5-6,11,14-15H2,1-4H3,(H,25,28). The lowest BCUT2D eigenvalue weighted by Crippen LogP contribution is -2.28. The highest BCUT2D eigenvalue weighted by Gasteiger charge is 2.35. The Morgan fingerprint density at radius 2 is 1.79 bits per heavy atom. The quantitative estimate of drug-likeness (QED) is 0.688. The van der Waals surface area contributed by atoms with Crippen molar-refractivity contribution in [3.63, 3.8) is 0 Å². The van der Waals surface area contributed by atoms with Gasteiger partial charge in [0.25, 0.3) is 0 Å². The van der Waals surface area contributed by atoms with E-state index in [4.69, 9.17) is 4.74 Å². The smallest absolute Gasteiger partial charge is 0.229 e. The van der Waals surface area contributed by atoms with Crippen molar-refractivity contribution in [3.8, 4) is 5.75 Å². The van der Waals surface area contributed by atoms with Crippen molar-refractivity contribution in [2.24, 2.45) is 5.92 Å². The minimum atomic E-state index is -0.358. The summed E-state index contributed by atoms with van der Waals surface area (Å²) in [5, 5.41) is 3.04. The highest BCUT2D eigenvalue weighted by atomic mass is 16.5. The molecule has 5 nitrogen and oxygen atoms in total. The van der Waals surface area contributed by atoms with Crippen LogP contribution in [0.2, 0.25) is 0 Å². The summed E-state index contributed by atoms with van der Waals surface area (Å²) in [6.45, 7) is 9.24. The minimum Gasteiger partial charge on any atom is -0.494 e. The molecule has 1 heterocycles. The van der Waals surface area contributed by atoms with Crippen LogP contribution in [0.15, 0.2) is 36.4 Å². The number of nitrogens with zero attached hydrogens (tertiary/aromatic N) is 1. The first kappa shape index (κ1) is 20.9. The van der Waals surface area contributed by atoms with E-state index < -0.39 is 0 Å². The van der Waals surface area contributed by atoms with Gasteiger partial charge in [-0.15, -0.1) is 0 Å². The predicted octanol–water partition coefficient (Wildman–Crippen LogP) is 4.78. The van der Waals surface area contributed by atoms with Crippen LogP contribution in [0.1, 0.15) is 42.9 Å². The Hall–Kier alpha value is -2.82. The molecule has 1 N–H and O–H groups in total. The molecule has 0 aromatic heterocycles. The molecule has 0 radical (unpaired) electrons. The number of aryl methyl sites for hydroxylation is 3. The first-order chi connectivity index (χ1) is 13.9. The number of carbonyl (C=O) groups excluding carboxylic acids is 2. The van der Waals surface area contributed by atoms with Crippen LogP contribution in [0.25, 0.3) is 0 Å². The molecule has 2 amide bonds. The summed E-state index contributed by atoms with van der Waals surface area (Å²) >= 11 is 0. The summed E-state index contributed by atoms with van der Waals surface area (Å²) in [5.41, 5.74) is 4.89. The molecule has 1 unspecified atom stereocenters. The van der Waals surface area contributed by atoms with Crippen LogP contribution in [0.3, 0.4) is 0 Å². The fourth-order valence-corrected chi connectivity index (χ4v) is 3.79. The van der Waals surface area contributed by atoms with Crippen LogP contribution in [-0.2, 0) is 9.59 Å². The van der Waals surface area contributed by atoms with Crippen molar-refractivity contribution in [1.29, 1.82) is 0 Å². The molecule has 1 fully saturated rings. The zero-order chi connectivity index (χ0) is 21.0. The van der Waals surface area contributed by atoms with Gasteiger partial charge in [-0.2, -0.15) is 0 Å². The Morgan fingerprint density at radius 1 is 1.14 bits per heavy atom. The minimum absolute atomic E-state index is 0.0258. The second-order valence-corrected chi connectivity index (χ2v) is 7.86. The molecule has 0 bridgehead atoms. The van der Waals surface area contributed by atoms with Crippen molar-refractivity contribution in [3.05, 3.63) is 53.1 Å². The topological polar surface area (TPSA) is 58.6 Å². The van der Waals surface area contributed by atoms with Crippen molar-refractivity contribution >= 4 is 23.2 Å². The van der Waals surface area contributed by atoms with Crippen molar-refractivity contribution < 1.29 is 14.3 Å². The Balaban J connectivity index is 1.65. The molecular formula is C24H30N2O3. The number of hydrogen-bond donors (Lipinski definition) is 1. The van der Waals surface area contributed by atoms with E-state index in [0.717, 1.165) is 41.1 Å². The van der Waals surface area contributed by atoms with Gasteiger partial charge in [-0.1, -0.05) is 31.0 Å². The molecule has 1 saturated heterocycles. The molecule has 1 aliphatic rings. The number of anilines is 2. The number of amides is 2. The number of carbonyl (C=O) groups is 2. The van der Waals surface area contributed by atoms with Gasteiger partial charge in [0, 0.05) is 24.3 Å². The fraction of sp³-hybridized carbons (Fsp3) is 0.417. The van der Waals surface area contributed by atoms with Gasteiger partial charge >= 0.3 is 0 Å². The van der Waals surface area contributed by atoms with E-state index in [2.05, 4.69) is 24.4 Å². The molecule has 3 rings (SSSR count). The van der Waals surface area contributed by atoms with E-state index in [1.807, 2.05) is 45.0 Å². The molecule has 5 heteroatoms. The summed E-state index contributed by atoms with van der Waals surface area (Å²) in [6.07, 6.45) is 2.33. The third-order valence-electron chi connectivity index (χ3n) is 5.34. The summed E-state index contributed by atoms with van der Waals surface area (Å²) < 4.78 is 5.68. The molecule has 2 aromatic rings. The number of rotatable bonds is 7. The lowest BCUT2D eigenvalue weighted by atomic mass is 10.0. The molecule has 2 aromatic carbocycles. The van der Waals surface area contributed by atoms with Crippen LogP contribution in [0.4, 0.5) is 11.4 Å². The summed E-state index contributed by atoms with van der Waals surface area (Å²) in [5.74, 6) is 0.314. The van der Waals surface area contributed by atoms with E-state index in [1.54, 1.807) is 4.90 Å². The first-order valence-electron chi connectivity index (χ1n) is 10.3. The van der Waals surface area contributed by atoms with Gasteiger partial charge in [0.1, 0.15) is 5.75 Å². The van der Waals surface area contributed by atoms with Gasteiger partial charge < -0.3 is 15.0 Å². The van der Waals surface area contributed by atoms with Gasteiger partial charge in [0.15, 0.2) is 0 Å². The molecule has 1 aliphatic heterocycles. The second kappa shape index (κ2) is 9.12. The Morgan fingerprint density at radius 3 is 2.41 bits per heavy atom. The predicted molar refractivity (Wildman–Crippen MR) is 117 cm³/mol. The maximum absolute atomic E-state index is 12.8.